The number of carbonyl (C=O) groups is 2. The van der Waals surface area contributed by atoms with Gasteiger partial charge in [-0.1, -0.05) is 6.92 Å². The van der Waals surface area contributed by atoms with Crippen LogP contribution in [0.15, 0.2) is 0 Å². The minimum atomic E-state index is -1.29. The second kappa shape index (κ2) is 3.74. The summed E-state index contributed by atoms with van der Waals surface area (Å²) in [6.45, 7) is 1.75. The lowest BCUT2D eigenvalue weighted by Crippen LogP contribution is -2.46. The standard InChI is InChI=1S/C8H13NO4/c1-2-7(11)9-4-5(10)3-6(9)8(12)13/h5-6,10H,2-4H2,1H3,(H,12,13)/p-1/t5-,6-/m1/s1. The van der Waals surface area contributed by atoms with Gasteiger partial charge in [-0.3, -0.25) is 4.79 Å². The van der Waals surface area contributed by atoms with Crippen molar-refractivity contribution in [2.45, 2.75) is 31.9 Å². The van der Waals surface area contributed by atoms with E-state index < -0.39 is 18.1 Å². The number of likely N-dealkylation sites (tertiary alicyclic amines) is 1. The minimum Gasteiger partial charge on any atom is -0.548 e. The van der Waals surface area contributed by atoms with Gasteiger partial charge >= 0.3 is 0 Å². The number of carboxylic acids is 1. The number of amides is 1. The summed E-state index contributed by atoms with van der Waals surface area (Å²) in [6, 6.07) is -0.956. The van der Waals surface area contributed by atoms with Gasteiger partial charge in [0.1, 0.15) is 0 Å². The van der Waals surface area contributed by atoms with Crippen molar-refractivity contribution < 1.29 is 19.8 Å². The second-order valence-corrected chi connectivity index (χ2v) is 3.12. The molecule has 1 aliphatic rings. The average molecular weight is 186 g/mol. The minimum absolute atomic E-state index is 0.0775. The molecule has 74 valence electrons. The highest BCUT2D eigenvalue weighted by molar-refractivity contribution is 5.83. The SMILES string of the molecule is CCC(=O)N1C[C@H](O)C[C@@H]1C(=O)[O-]. The van der Waals surface area contributed by atoms with Gasteiger partial charge in [-0.05, 0) is 0 Å². The molecule has 2 atom stereocenters. The van der Waals surface area contributed by atoms with E-state index in [9.17, 15) is 19.8 Å². The summed E-state index contributed by atoms with van der Waals surface area (Å²) in [6.07, 6.45) is -0.414. The van der Waals surface area contributed by atoms with Crippen LogP contribution in [0.1, 0.15) is 19.8 Å². The maximum Gasteiger partial charge on any atom is 0.222 e. The summed E-state index contributed by atoms with van der Waals surface area (Å²) in [5.74, 6) is -1.55. The van der Waals surface area contributed by atoms with Gasteiger partial charge in [0, 0.05) is 19.4 Å². The van der Waals surface area contributed by atoms with Gasteiger partial charge in [0.2, 0.25) is 5.91 Å². The molecule has 1 heterocycles. The van der Waals surface area contributed by atoms with Crippen molar-refractivity contribution in [3.05, 3.63) is 0 Å². The highest BCUT2D eigenvalue weighted by Crippen LogP contribution is 2.18. The molecule has 1 fully saturated rings. The molecule has 0 aromatic heterocycles. The molecular formula is C8H12NO4-. The molecule has 0 aliphatic carbocycles. The van der Waals surface area contributed by atoms with Crippen LogP contribution in [-0.2, 0) is 9.59 Å². The first kappa shape index (κ1) is 9.98. The number of β-amino-alcohol motifs (C(OH)–C–C–N with tert-alkyl or cyclic N) is 1. The molecule has 0 radical (unpaired) electrons. The van der Waals surface area contributed by atoms with Crippen LogP contribution in [-0.4, -0.2) is 40.6 Å². The topological polar surface area (TPSA) is 80.7 Å². The van der Waals surface area contributed by atoms with E-state index in [0.29, 0.717) is 0 Å². The van der Waals surface area contributed by atoms with Crippen LogP contribution >= 0.6 is 0 Å². The third-order valence-electron chi connectivity index (χ3n) is 2.17. The molecule has 0 bridgehead atoms. The number of carbonyl (C=O) groups excluding carboxylic acids is 2. The quantitative estimate of drug-likeness (QED) is 0.546. The largest absolute Gasteiger partial charge is 0.548 e. The van der Waals surface area contributed by atoms with E-state index in [0.717, 1.165) is 0 Å². The van der Waals surface area contributed by atoms with Gasteiger partial charge in [-0.2, -0.15) is 0 Å². The van der Waals surface area contributed by atoms with Gasteiger partial charge in [0.15, 0.2) is 0 Å². The highest BCUT2D eigenvalue weighted by Gasteiger charge is 2.34. The summed E-state index contributed by atoms with van der Waals surface area (Å²) < 4.78 is 0. The first-order valence-electron chi connectivity index (χ1n) is 4.24. The fourth-order valence-corrected chi connectivity index (χ4v) is 1.52. The number of carboxylic acid groups (broad SMARTS) is 1. The van der Waals surface area contributed by atoms with Crippen LogP contribution in [0.2, 0.25) is 0 Å². The Morgan fingerprint density at radius 1 is 1.62 bits per heavy atom. The first-order valence-corrected chi connectivity index (χ1v) is 4.24. The number of hydrogen-bond acceptors (Lipinski definition) is 4. The van der Waals surface area contributed by atoms with E-state index in [2.05, 4.69) is 0 Å². The Balaban J connectivity index is 2.71. The van der Waals surface area contributed by atoms with Crippen molar-refractivity contribution >= 4 is 11.9 Å². The van der Waals surface area contributed by atoms with E-state index in [-0.39, 0.29) is 25.3 Å². The number of hydrogen-bond donors (Lipinski definition) is 1. The van der Waals surface area contributed by atoms with E-state index in [4.69, 9.17) is 0 Å². The zero-order chi connectivity index (χ0) is 10.0. The second-order valence-electron chi connectivity index (χ2n) is 3.12. The summed E-state index contributed by atoms with van der Waals surface area (Å²) in [4.78, 5) is 22.9. The maximum atomic E-state index is 11.2. The highest BCUT2D eigenvalue weighted by atomic mass is 16.4. The number of aliphatic carboxylic acids is 1. The Morgan fingerprint density at radius 2 is 2.23 bits per heavy atom. The molecule has 1 amide bonds. The van der Waals surface area contributed by atoms with Gasteiger partial charge in [-0.25, -0.2) is 0 Å². The Labute approximate surface area is 76.0 Å². The van der Waals surface area contributed by atoms with Crippen LogP contribution in [0, 0.1) is 0 Å². The Morgan fingerprint density at radius 3 is 2.69 bits per heavy atom. The Hall–Kier alpha value is -1.10. The Bertz CT molecular complexity index is 228. The van der Waals surface area contributed by atoms with Crippen LogP contribution in [0.25, 0.3) is 0 Å². The predicted molar refractivity (Wildman–Crippen MR) is 41.4 cm³/mol. The van der Waals surface area contributed by atoms with Gasteiger partial charge in [-0.15, -0.1) is 0 Å². The molecule has 0 saturated carbocycles. The molecular weight excluding hydrogens is 174 g/mol. The number of rotatable bonds is 2. The van der Waals surface area contributed by atoms with Gasteiger partial charge in [0.25, 0.3) is 0 Å². The smallest absolute Gasteiger partial charge is 0.222 e. The summed E-state index contributed by atoms with van der Waals surface area (Å²) in [7, 11) is 0. The summed E-state index contributed by atoms with van der Waals surface area (Å²) >= 11 is 0. The fourth-order valence-electron chi connectivity index (χ4n) is 1.52. The van der Waals surface area contributed by atoms with Crippen molar-refractivity contribution in [2.24, 2.45) is 0 Å². The van der Waals surface area contributed by atoms with Crippen LogP contribution in [0.4, 0.5) is 0 Å². The molecule has 1 rings (SSSR count). The lowest BCUT2D eigenvalue weighted by atomic mass is 10.2. The molecule has 5 heteroatoms. The first-order chi connectivity index (χ1) is 6.06. The zero-order valence-corrected chi connectivity index (χ0v) is 7.40. The number of aliphatic hydroxyl groups excluding tert-OH is 1. The van der Waals surface area contributed by atoms with Crippen molar-refractivity contribution in [1.29, 1.82) is 0 Å². The summed E-state index contributed by atoms with van der Waals surface area (Å²) in [5.41, 5.74) is 0. The normalized spacial score (nSPS) is 27.7. The Kier molecular flexibility index (Phi) is 2.87. The number of aliphatic hydroxyl groups is 1. The molecule has 1 N–H and O–H groups in total. The van der Waals surface area contributed by atoms with E-state index in [1.807, 2.05) is 0 Å². The molecule has 0 spiro atoms. The van der Waals surface area contributed by atoms with E-state index in [1.54, 1.807) is 6.92 Å². The van der Waals surface area contributed by atoms with E-state index in [1.165, 1.54) is 4.90 Å². The molecule has 13 heavy (non-hydrogen) atoms. The molecule has 1 saturated heterocycles. The van der Waals surface area contributed by atoms with E-state index >= 15 is 0 Å². The van der Waals surface area contributed by atoms with Crippen molar-refractivity contribution in [3.63, 3.8) is 0 Å². The molecule has 0 unspecified atom stereocenters. The number of nitrogens with zero attached hydrogens (tertiary/aromatic N) is 1. The van der Waals surface area contributed by atoms with Crippen LogP contribution in [0.5, 0.6) is 0 Å². The predicted octanol–water partition coefficient (Wildman–Crippen LogP) is -1.89. The van der Waals surface area contributed by atoms with Crippen molar-refractivity contribution in [2.75, 3.05) is 6.54 Å². The molecule has 0 aromatic carbocycles. The zero-order valence-electron chi connectivity index (χ0n) is 7.40. The van der Waals surface area contributed by atoms with Crippen molar-refractivity contribution in [1.82, 2.24) is 4.90 Å². The molecule has 5 nitrogen and oxygen atoms in total. The van der Waals surface area contributed by atoms with Crippen molar-refractivity contribution in [3.8, 4) is 0 Å². The fraction of sp³-hybridized carbons (Fsp3) is 0.750. The third-order valence-corrected chi connectivity index (χ3v) is 2.17. The third kappa shape index (κ3) is 1.98. The van der Waals surface area contributed by atoms with Gasteiger partial charge < -0.3 is 19.9 Å². The molecule has 0 aromatic rings. The average Bonchev–Trinajstić information content (AvgIpc) is 2.46. The van der Waals surface area contributed by atoms with Crippen LogP contribution in [0.3, 0.4) is 0 Å². The summed E-state index contributed by atoms with van der Waals surface area (Å²) in [5, 5.41) is 19.7. The maximum absolute atomic E-state index is 11.2. The van der Waals surface area contributed by atoms with Crippen LogP contribution < -0.4 is 5.11 Å². The van der Waals surface area contributed by atoms with Gasteiger partial charge in [0.05, 0.1) is 18.1 Å². The lowest BCUT2D eigenvalue weighted by molar-refractivity contribution is -0.310. The molecule has 1 aliphatic heterocycles. The monoisotopic (exact) mass is 186 g/mol. The lowest BCUT2D eigenvalue weighted by Gasteiger charge is -2.24.